The summed E-state index contributed by atoms with van der Waals surface area (Å²) in [6.45, 7) is 7.59. The first kappa shape index (κ1) is 24.1. The van der Waals surface area contributed by atoms with Crippen LogP contribution in [0.25, 0.3) is 0 Å². The summed E-state index contributed by atoms with van der Waals surface area (Å²) in [7, 11) is 1.63. The minimum atomic E-state index is -4.41. The zero-order valence-electron chi connectivity index (χ0n) is 19.0. The Bertz CT molecular complexity index is 890. The minimum absolute atomic E-state index is 0.0897. The van der Waals surface area contributed by atoms with Crippen molar-refractivity contribution in [1.82, 2.24) is 25.1 Å². The molecule has 0 radical (unpaired) electrons. The third kappa shape index (κ3) is 5.43. The summed E-state index contributed by atoms with van der Waals surface area (Å²) in [5.74, 6) is 0.959. The van der Waals surface area contributed by atoms with E-state index in [4.69, 9.17) is 0 Å². The molecule has 9 heteroatoms. The number of urea groups is 1. The molecule has 32 heavy (non-hydrogen) atoms. The summed E-state index contributed by atoms with van der Waals surface area (Å²) in [4.78, 5) is 23.9. The van der Waals surface area contributed by atoms with E-state index in [-0.39, 0.29) is 17.6 Å². The maximum Gasteiger partial charge on any atom is 0.416 e. The molecule has 2 aromatic rings. The lowest BCUT2D eigenvalue weighted by molar-refractivity contribution is -0.138. The molecular weight excluding hydrogens is 419 g/mol. The summed E-state index contributed by atoms with van der Waals surface area (Å²) in [5, 5.41) is 2.73. The number of nitrogens with one attached hydrogen (secondary N) is 2. The van der Waals surface area contributed by atoms with Gasteiger partial charge in [0.2, 0.25) is 0 Å². The van der Waals surface area contributed by atoms with Gasteiger partial charge in [-0.1, -0.05) is 26.0 Å². The summed E-state index contributed by atoms with van der Waals surface area (Å²) >= 11 is 0. The van der Waals surface area contributed by atoms with Crippen LogP contribution in [0.3, 0.4) is 0 Å². The molecule has 0 saturated carbocycles. The number of rotatable bonds is 6. The molecule has 2 amide bonds. The maximum atomic E-state index is 13.5. The van der Waals surface area contributed by atoms with Crippen LogP contribution in [0.1, 0.15) is 55.2 Å². The van der Waals surface area contributed by atoms with Gasteiger partial charge in [0.15, 0.2) is 0 Å². The monoisotopic (exact) mass is 451 g/mol. The molecule has 0 aliphatic carbocycles. The van der Waals surface area contributed by atoms with E-state index in [0.29, 0.717) is 36.9 Å². The Kier molecular flexibility index (Phi) is 7.48. The number of carbonyl (C=O) groups excluding carboxylic acids is 1. The Morgan fingerprint density at radius 2 is 2.00 bits per heavy atom. The third-order valence-electron chi connectivity index (χ3n) is 6.00. The number of aryl methyl sites for hydroxylation is 1. The largest absolute Gasteiger partial charge is 0.416 e. The fourth-order valence-corrected chi connectivity index (χ4v) is 4.47. The molecule has 0 bridgehead atoms. The Balaban J connectivity index is 1.85. The van der Waals surface area contributed by atoms with Gasteiger partial charge >= 0.3 is 12.2 Å². The molecule has 1 aliphatic heterocycles. The van der Waals surface area contributed by atoms with Crippen molar-refractivity contribution in [2.75, 3.05) is 26.7 Å². The number of nitrogens with zero attached hydrogens (tertiary/aromatic N) is 3. The van der Waals surface area contributed by atoms with Crippen molar-refractivity contribution in [1.29, 1.82) is 0 Å². The number of aromatic nitrogens is 2. The molecule has 3 rings (SSSR count). The second kappa shape index (κ2) is 9.94. The minimum Gasteiger partial charge on any atom is -0.347 e. The van der Waals surface area contributed by atoms with Gasteiger partial charge in [-0.2, -0.15) is 13.2 Å². The number of halogens is 3. The number of imidazole rings is 1. The highest BCUT2D eigenvalue weighted by atomic mass is 19.4. The molecular formula is C23H32F3N5O. The zero-order chi connectivity index (χ0) is 23.5. The zero-order valence-corrected chi connectivity index (χ0v) is 19.0. The van der Waals surface area contributed by atoms with Crippen LogP contribution in [-0.2, 0) is 6.18 Å². The number of benzene rings is 1. The number of H-pyrrole nitrogens is 1. The highest BCUT2D eigenvalue weighted by Crippen LogP contribution is 2.36. The molecule has 2 N–H and O–H groups in total. The SMILES string of the molecule is CNC(=O)N(CC(C)C)C1CCN(C(c2ccc(C)c(C(F)(F)F)c2)c2ncc[nH]2)CC1. The fraction of sp³-hybridized carbons (Fsp3) is 0.565. The first-order valence-corrected chi connectivity index (χ1v) is 11.0. The number of alkyl halides is 3. The van der Waals surface area contributed by atoms with E-state index >= 15 is 0 Å². The molecule has 6 nitrogen and oxygen atoms in total. The van der Waals surface area contributed by atoms with Crippen molar-refractivity contribution in [3.63, 3.8) is 0 Å². The molecule has 1 saturated heterocycles. The van der Waals surface area contributed by atoms with Crippen molar-refractivity contribution < 1.29 is 18.0 Å². The van der Waals surface area contributed by atoms with Gasteiger partial charge in [0.1, 0.15) is 5.82 Å². The predicted octanol–water partition coefficient (Wildman–Crippen LogP) is 4.59. The van der Waals surface area contributed by atoms with Crippen molar-refractivity contribution in [2.24, 2.45) is 5.92 Å². The van der Waals surface area contributed by atoms with Crippen LogP contribution in [0, 0.1) is 12.8 Å². The van der Waals surface area contributed by atoms with Gasteiger partial charge < -0.3 is 15.2 Å². The molecule has 1 fully saturated rings. The Morgan fingerprint density at radius 1 is 1.31 bits per heavy atom. The number of aromatic amines is 1. The van der Waals surface area contributed by atoms with Gasteiger partial charge in [0.25, 0.3) is 0 Å². The molecule has 1 aliphatic rings. The highest BCUT2D eigenvalue weighted by Gasteiger charge is 2.36. The normalized spacial score (nSPS) is 16.9. The average Bonchev–Trinajstić information content (AvgIpc) is 3.27. The number of carbonyl (C=O) groups is 1. The first-order chi connectivity index (χ1) is 15.1. The second-order valence-electron chi connectivity index (χ2n) is 8.82. The Morgan fingerprint density at radius 3 is 2.53 bits per heavy atom. The van der Waals surface area contributed by atoms with Crippen LogP contribution in [0.15, 0.2) is 30.6 Å². The van der Waals surface area contributed by atoms with Crippen molar-refractivity contribution in [3.05, 3.63) is 53.1 Å². The van der Waals surface area contributed by atoms with Crippen molar-refractivity contribution in [2.45, 2.75) is 51.9 Å². The smallest absolute Gasteiger partial charge is 0.347 e. The van der Waals surface area contributed by atoms with Crippen LogP contribution in [0.4, 0.5) is 18.0 Å². The first-order valence-electron chi connectivity index (χ1n) is 11.0. The lowest BCUT2D eigenvalue weighted by Crippen LogP contribution is -2.51. The Labute approximate surface area is 187 Å². The topological polar surface area (TPSA) is 64.3 Å². The van der Waals surface area contributed by atoms with Gasteiger partial charge in [0, 0.05) is 45.1 Å². The second-order valence-corrected chi connectivity index (χ2v) is 8.82. The van der Waals surface area contributed by atoms with Gasteiger partial charge in [-0.05, 0) is 42.9 Å². The van der Waals surface area contributed by atoms with Gasteiger partial charge in [-0.15, -0.1) is 0 Å². The van der Waals surface area contributed by atoms with Crippen LogP contribution in [-0.4, -0.2) is 58.5 Å². The van der Waals surface area contributed by atoms with Gasteiger partial charge in [-0.25, -0.2) is 9.78 Å². The maximum absolute atomic E-state index is 13.5. The summed E-state index contributed by atoms with van der Waals surface area (Å²) in [6, 6.07) is 4.11. The number of hydrogen-bond acceptors (Lipinski definition) is 3. The van der Waals surface area contributed by atoms with Crippen molar-refractivity contribution >= 4 is 6.03 Å². The number of likely N-dealkylation sites (tertiary alicyclic amines) is 1. The standard InChI is InChI=1S/C23H32F3N5O/c1-15(2)14-31(22(32)27-4)18-7-11-30(12-8-18)20(21-28-9-10-29-21)17-6-5-16(3)19(13-17)23(24,25)26/h5-6,9-10,13,15,18,20H,7-8,11-12,14H2,1-4H3,(H,27,32)(H,28,29). The molecule has 1 atom stereocenters. The lowest BCUT2D eigenvalue weighted by Gasteiger charge is -2.41. The molecule has 1 aromatic carbocycles. The van der Waals surface area contributed by atoms with E-state index in [0.717, 1.165) is 12.8 Å². The van der Waals surface area contributed by atoms with E-state index < -0.39 is 17.8 Å². The number of piperidine rings is 1. The van der Waals surface area contributed by atoms with Crippen LogP contribution < -0.4 is 5.32 Å². The third-order valence-corrected chi connectivity index (χ3v) is 6.00. The van der Waals surface area contributed by atoms with Crippen molar-refractivity contribution in [3.8, 4) is 0 Å². The predicted molar refractivity (Wildman–Crippen MR) is 117 cm³/mol. The molecule has 0 spiro atoms. The average molecular weight is 452 g/mol. The van der Waals surface area contributed by atoms with E-state index in [1.54, 1.807) is 25.5 Å². The number of amides is 2. The van der Waals surface area contributed by atoms with E-state index in [2.05, 4.69) is 34.0 Å². The number of hydrogen-bond donors (Lipinski definition) is 2. The summed E-state index contributed by atoms with van der Waals surface area (Å²) in [5.41, 5.74) is 0.138. The Hall–Kier alpha value is -2.55. The molecule has 2 heterocycles. The van der Waals surface area contributed by atoms with E-state index in [9.17, 15) is 18.0 Å². The molecule has 1 aromatic heterocycles. The van der Waals surface area contributed by atoms with E-state index in [1.165, 1.54) is 19.1 Å². The van der Waals surface area contributed by atoms with Crippen LogP contribution in [0.5, 0.6) is 0 Å². The van der Waals surface area contributed by atoms with E-state index in [1.807, 2.05) is 4.90 Å². The van der Waals surface area contributed by atoms with Gasteiger partial charge in [-0.3, -0.25) is 4.90 Å². The summed E-state index contributed by atoms with van der Waals surface area (Å²) < 4.78 is 40.6. The molecule has 1 unspecified atom stereocenters. The lowest BCUT2D eigenvalue weighted by atomic mass is 9.95. The van der Waals surface area contributed by atoms with Crippen LogP contribution in [0.2, 0.25) is 0 Å². The highest BCUT2D eigenvalue weighted by molar-refractivity contribution is 5.74. The molecule has 176 valence electrons. The van der Waals surface area contributed by atoms with Crippen LogP contribution >= 0.6 is 0 Å². The fourth-order valence-electron chi connectivity index (χ4n) is 4.47. The van der Waals surface area contributed by atoms with Gasteiger partial charge in [0.05, 0.1) is 11.6 Å². The quantitative estimate of drug-likeness (QED) is 0.675. The summed E-state index contributed by atoms with van der Waals surface area (Å²) in [6.07, 6.45) is 0.379.